The summed E-state index contributed by atoms with van der Waals surface area (Å²) in [5.41, 5.74) is 0.386. The lowest BCUT2D eigenvalue weighted by Gasteiger charge is -2.08. The predicted molar refractivity (Wildman–Crippen MR) is 65.1 cm³/mol. The third kappa shape index (κ3) is 4.24. The van der Waals surface area contributed by atoms with Gasteiger partial charge in [0.15, 0.2) is 0 Å². The quantitative estimate of drug-likeness (QED) is 0.578. The first-order valence-electron chi connectivity index (χ1n) is 5.62. The molecule has 0 aromatic heterocycles. The lowest BCUT2D eigenvalue weighted by atomic mass is 10.2. The highest BCUT2D eigenvalue weighted by Gasteiger charge is 2.24. The van der Waals surface area contributed by atoms with E-state index in [0.717, 1.165) is 5.56 Å². The molecule has 0 aliphatic rings. The summed E-state index contributed by atoms with van der Waals surface area (Å²) >= 11 is 0. The van der Waals surface area contributed by atoms with E-state index in [1.807, 2.05) is 6.07 Å². The van der Waals surface area contributed by atoms with E-state index in [-0.39, 0.29) is 13.2 Å². The van der Waals surface area contributed by atoms with Crippen LogP contribution in [0.15, 0.2) is 35.3 Å². The fraction of sp³-hybridized carbons (Fsp3) is 0.385. The zero-order valence-corrected chi connectivity index (χ0v) is 10.1. The van der Waals surface area contributed by atoms with Crippen LogP contribution in [0.4, 0.5) is 8.78 Å². The van der Waals surface area contributed by atoms with E-state index in [4.69, 9.17) is 0 Å². The molecule has 0 N–H and O–H groups in total. The Morgan fingerprint density at radius 3 is 2.61 bits per heavy atom. The number of carbonyl (C=O) groups is 1. The van der Waals surface area contributed by atoms with Crippen molar-refractivity contribution in [3.63, 3.8) is 0 Å². The molecule has 5 heteroatoms. The van der Waals surface area contributed by atoms with Gasteiger partial charge >= 0.3 is 5.97 Å². The first-order chi connectivity index (χ1) is 8.69. The van der Waals surface area contributed by atoms with Gasteiger partial charge < -0.3 is 4.74 Å². The molecule has 1 atom stereocenters. The third-order valence-electron chi connectivity index (χ3n) is 2.23. The Labute approximate surface area is 104 Å². The third-order valence-corrected chi connectivity index (χ3v) is 2.23. The van der Waals surface area contributed by atoms with Gasteiger partial charge in [-0.25, -0.2) is 13.6 Å². The van der Waals surface area contributed by atoms with Crippen LogP contribution in [0.25, 0.3) is 0 Å². The standard InChI is InChI=1S/C13H15F2NO2/c1-2-18-13(17)12(15)11(8-14)16-9-10-6-4-3-5-7-10/h3-7,12H,2,8-9H2,1H3. The van der Waals surface area contributed by atoms with Crippen LogP contribution in [0.3, 0.4) is 0 Å². The number of hydrogen-bond donors (Lipinski definition) is 0. The predicted octanol–water partition coefficient (Wildman–Crippen LogP) is 2.50. The molecule has 0 bridgehead atoms. The van der Waals surface area contributed by atoms with Gasteiger partial charge in [0, 0.05) is 0 Å². The van der Waals surface area contributed by atoms with Crippen molar-refractivity contribution in [3.8, 4) is 0 Å². The number of ether oxygens (including phenoxy) is 1. The van der Waals surface area contributed by atoms with Crippen molar-refractivity contribution in [2.75, 3.05) is 13.3 Å². The molecule has 0 amide bonds. The second kappa shape index (κ2) is 7.53. The normalized spacial score (nSPS) is 13.2. The van der Waals surface area contributed by atoms with Crippen LogP contribution in [0.1, 0.15) is 12.5 Å². The molecule has 0 saturated carbocycles. The van der Waals surface area contributed by atoms with Gasteiger partial charge in [-0.05, 0) is 12.5 Å². The van der Waals surface area contributed by atoms with Gasteiger partial charge in [-0.2, -0.15) is 0 Å². The van der Waals surface area contributed by atoms with E-state index in [1.165, 1.54) is 0 Å². The maximum Gasteiger partial charge on any atom is 0.346 e. The highest BCUT2D eigenvalue weighted by molar-refractivity contribution is 6.05. The summed E-state index contributed by atoms with van der Waals surface area (Å²) in [6.07, 6.45) is -2.13. The average molecular weight is 255 g/mol. The van der Waals surface area contributed by atoms with Crippen LogP contribution in [0, 0.1) is 0 Å². The summed E-state index contributed by atoms with van der Waals surface area (Å²) in [4.78, 5) is 14.9. The smallest absolute Gasteiger partial charge is 0.346 e. The zero-order valence-electron chi connectivity index (χ0n) is 10.1. The van der Waals surface area contributed by atoms with E-state index in [1.54, 1.807) is 31.2 Å². The summed E-state index contributed by atoms with van der Waals surface area (Å²) in [5.74, 6) is -1.10. The molecule has 0 saturated heterocycles. The second-order valence-electron chi connectivity index (χ2n) is 3.54. The number of alkyl halides is 2. The lowest BCUT2D eigenvalue weighted by molar-refractivity contribution is -0.146. The van der Waals surface area contributed by atoms with Crippen LogP contribution in [-0.4, -0.2) is 31.1 Å². The summed E-state index contributed by atoms with van der Waals surface area (Å²) < 4.78 is 30.6. The van der Waals surface area contributed by atoms with Gasteiger partial charge in [-0.1, -0.05) is 30.3 Å². The first-order valence-corrected chi connectivity index (χ1v) is 5.62. The number of esters is 1. The zero-order chi connectivity index (χ0) is 13.4. The van der Waals surface area contributed by atoms with E-state index in [2.05, 4.69) is 9.73 Å². The van der Waals surface area contributed by atoms with Crippen molar-refractivity contribution in [3.05, 3.63) is 35.9 Å². The lowest BCUT2D eigenvalue weighted by Crippen LogP contribution is -2.29. The number of nitrogens with zero attached hydrogens (tertiary/aromatic N) is 1. The van der Waals surface area contributed by atoms with Crippen molar-refractivity contribution in [1.82, 2.24) is 0 Å². The number of hydrogen-bond acceptors (Lipinski definition) is 3. The molecule has 18 heavy (non-hydrogen) atoms. The molecule has 0 spiro atoms. The molecule has 98 valence electrons. The van der Waals surface area contributed by atoms with E-state index < -0.39 is 24.5 Å². The van der Waals surface area contributed by atoms with Gasteiger partial charge in [0.05, 0.1) is 18.9 Å². The van der Waals surface area contributed by atoms with Crippen molar-refractivity contribution < 1.29 is 18.3 Å². The molecule has 0 aliphatic heterocycles. The van der Waals surface area contributed by atoms with Crippen LogP contribution < -0.4 is 0 Å². The Balaban J connectivity index is 2.68. The van der Waals surface area contributed by atoms with Gasteiger partial charge in [-0.15, -0.1) is 0 Å². The molecule has 1 unspecified atom stereocenters. The largest absolute Gasteiger partial charge is 0.464 e. The monoisotopic (exact) mass is 255 g/mol. The minimum atomic E-state index is -2.13. The Bertz CT molecular complexity index is 407. The molecule has 1 rings (SSSR count). The fourth-order valence-corrected chi connectivity index (χ4v) is 1.32. The number of carbonyl (C=O) groups excluding carboxylic acids is 1. The first kappa shape index (κ1) is 14.3. The SMILES string of the molecule is CCOC(=O)C(F)C(CF)=NCc1ccccc1. The molecule has 3 nitrogen and oxygen atoms in total. The Kier molecular flexibility index (Phi) is 5.97. The molecule has 0 heterocycles. The maximum atomic E-state index is 13.5. The van der Waals surface area contributed by atoms with E-state index in [9.17, 15) is 13.6 Å². The van der Waals surface area contributed by atoms with Crippen molar-refractivity contribution in [1.29, 1.82) is 0 Å². The Hall–Kier alpha value is -1.78. The highest BCUT2D eigenvalue weighted by Crippen LogP contribution is 2.05. The Morgan fingerprint density at radius 1 is 1.39 bits per heavy atom. The summed E-state index contributed by atoms with van der Waals surface area (Å²) in [6.45, 7) is 0.644. The number of rotatable bonds is 6. The van der Waals surface area contributed by atoms with Gasteiger partial charge in [0.1, 0.15) is 6.67 Å². The Morgan fingerprint density at radius 2 is 2.06 bits per heavy atom. The number of halogens is 2. The molecular weight excluding hydrogens is 240 g/mol. The second-order valence-corrected chi connectivity index (χ2v) is 3.54. The number of benzene rings is 1. The topological polar surface area (TPSA) is 38.7 Å². The van der Waals surface area contributed by atoms with Crippen molar-refractivity contribution >= 4 is 11.7 Å². The summed E-state index contributed by atoms with van der Waals surface area (Å²) in [6, 6.07) is 9.02. The summed E-state index contributed by atoms with van der Waals surface area (Å²) in [7, 11) is 0. The van der Waals surface area contributed by atoms with Crippen molar-refractivity contribution in [2.45, 2.75) is 19.6 Å². The highest BCUT2D eigenvalue weighted by atomic mass is 19.1. The molecule has 1 aromatic rings. The summed E-state index contributed by atoms with van der Waals surface area (Å²) in [5, 5.41) is 0. The van der Waals surface area contributed by atoms with Gasteiger partial charge in [0.25, 0.3) is 0 Å². The van der Waals surface area contributed by atoms with Crippen LogP contribution >= 0.6 is 0 Å². The van der Waals surface area contributed by atoms with Gasteiger partial charge in [-0.3, -0.25) is 4.99 Å². The molecule has 0 fully saturated rings. The molecule has 0 aliphatic carbocycles. The van der Waals surface area contributed by atoms with Crippen LogP contribution in [0.2, 0.25) is 0 Å². The minimum Gasteiger partial charge on any atom is -0.464 e. The maximum absolute atomic E-state index is 13.5. The van der Waals surface area contributed by atoms with E-state index in [0.29, 0.717) is 0 Å². The molecule has 1 aromatic carbocycles. The van der Waals surface area contributed by atoms with Crippen LogP contribution in [-0.2, 0) is 16.1 Å². The average Bonchev–Trinajstić information content (AvgIpc) is 2.40. The van der Waals surface area contributed by atoms with E-state index >= 15 is 0 Å². The van der Waals surface area contributed by atoms with Crippen molar-refractivity contribution in [2.24, 2.45) is 4.99 Å². The van der Waals surface area contributed by atoms with Crippen LogP contribution in [0.5, 0.6) is 0 Å². The minimum absolute atomic E-state index is 0.0531. The molecule has 0 radical (unpaired) electrons. The number of aliphatic imine (C=N–C) groups is 1. The fourth-order valence-electron chi connectivity index (χ4n) is 1.32. The molecular formula is C13H15F2NO2. The van der Waals surface area contributed by atoms with Gasteiger partial charge in [0.2, 0.25) is 6.17 Å².